The summed E-state index contributed by atoms with van der Waals surface area (Å²) in [5, 5.41) is 12.0. The number of para-hydroxylation sites is 1. The Morgan fingerprint density at radius 1 is 1.16 bits per heavy atom. The first-order valence-electron chi connectivity index (χ1n) is 9.99. The number of anilines is 1. The maximum atomic E-state index is 13.5. The zero-order chi connectivity index (χ0) is 22.0. The highest BCUT2D eigenvalue weighted by Gasteiger charge is 2.28. The summed E-state index contributed by atoms with van der Waals surface area (Å²) < 4.78 is 11.7. The van der Waals surface area contributed by atoms with E-state index in [1.54, 1.807) is 18.2 Å². The summed E-state index contributed by atoms with van der Waals surface area (Å²) in [5.41, 5.74) is 0.509. The summed E-state index contributed by atoms with van der Waals surface area (Å²) in [4.78, 5) is 32.8. The number of fused-ring (bicyclic) bond motifs is 2. The molecule has 0 spiro atoms. The van der Waals surface area contributed by atoms with Crippen molar-refractivity contribution in [2.45, 2.75) is 13.8 Å². The van der Waals surface area contributed by atoms with Crippen LogP contribution in [0.2, 0.25) is 0 Å². The third kappa shape index (κ3) is 4.62. The monoisotopic (exact) mass is 478 g/mol. The average Bonchev–Trinajstić information content (AvgIpc) is 3.40. The second-order valence-electron chi connectivity index (χ2n) is 6.93. The summed E-state index contributed by atoms with van der Waals surface area (Å²) in [6, 6.07) is 9.63. The second kappa shape index (κ2) is 10.1. The fraction of sp³-hybridized carbons (Fsp3) is 0.333. The molecular weight excluding hydrogens is 456 g/mol. The van der Waals surface area contributed by atoms with Gasteiger partial charge >= 0.3 is 0 Å². The highest BCUT2D eigenvalue weighted by Crippen LogP contribution is 2.40. The molecule has 1 aromatic heterocycles. The minimum absolute atomic E-state index is 0. The number of hydrogen-bond donors (Lipinski definition) is 0. The predicted molar refractivity (Wildman–Crippen MR) is 126 cm³/mol. The summed E-state index contributed by atoms with van der Waals surface area (Å²) in [6.45, 7) is 6.94. The van der Waals surface area contributed by atoms with Crippen LogP contribution in [0.4, 0.5) is 10.8 Å². The highest BCUT2D eigenvalue weighted by molar-refractivity contribution is 7.22. The number of nitro groups is 1. The number of nitro benzene ring substituents is 1. The van der Waals surface area contributed by atoms with Crippen molar-refractivity contribution in [2.24, 2.45) is 0 Å². The minimum atomic E-state index is -0.534. The molecule has 4 rings (SSSR count). The maximum Gasteiger partial charge on any atom is 0.282 e. The zero-order valence-corrected chi connectivity index (χ0v) is 19.3. The van der Waals surface area contributed by atoms with Crippen LogP contribution in [-0.4, -0.2) is 53.7 Å². The van der Waals surface area contributed by atoms with Crippen molar-refractivity contribution < 1.29 is 19.2 Å². The van der Waals surface area contributed by atoms with E-state index in [1.165, 1.54) is 28.4 Å². The molecule has 1 aliphatic heterocycles. The van der Waals surface area contributed by atoms with Crippen molar-refractivity contribution in [3.05, 3.63) is 52.1 Å². The molecule has 2 heterocycles. The van der Waals surface area contributed by atoms with Crippen molar-refractivity contribution in [1.29, 1.82) is 0 Å². The van der Waals surface area contributed by atoms with E-state index in [-0.39, 0.29) is 30.5 Å². The molecule has 32 heavy (non-hydrogen) atoms. The minimum Gasteiger partial charge on any atom is -0.454 e. The lowest BCUT2D eigenvalue weighted by Crippen LogP contribution is -2.39. The molecule has 0 unspecified atom stereocenters. The first kappa shape index (κ1) is 23.7. The Kier molecular flexibility index (Phi) is 7.49. The van der Waals surface area contributed by atoms with E-state index in [0.29, 0.717) is 35.2 Å². The van der Waals surface area contributed by atoms with Crippen LogP contribution < -0.4 is 14.4 Å². The highest BCUT2D eigenvalue weighted by atomic mass is 35.5. The van der Waals surface area contributed by atoms with Crippen molar-refractivity contribution in [1.82, 2.24) is 9.88 Å². The number of halogens is 1. The predicted octanol–water partition coefficient (Wildman–Crippen LogP) is 4.34. The van der Waals surface area contributed by atoms with E-state index in [4.69, 9.17) is 9.47 Å². The average molecular weight is 479 g/mol. The molecule has 0 N–H and O–H groups in total. The van der Waals surface area contributed by atoms with Crippen molar-refractivity contribution >= 4 is 50.7 Å². The molecule has 0 radical (unpaired) electrons. The van der Waals surface area contributed by atoms with Crippen LogP contribution >= 0.6 is 23.7 Å². The number of hydrogen-bond acceptors (Lipinski definition) is 8. The van der Waals surface area contributed by atoms with E-state index in [9.17, 15) is 14.9 Å². The summed E-state index contributed by atoms with van der Waals surface area (Å²) in [7, 11) is 0. The number of benzene rings is 2. The van der Waals surface area contributed by atoms with Crippen LogP contribution in [0.25, 0.3) is 10.2 Å². The van der Waals surface area contributed by atoms with Crippen molar-refractivity contribution in [3.63, 3.8) is 0 Å². The smallest absolute Gasteiger partial charge is 0.282 e. The fourth-order valence-electron chi connectivity index (χ4n) is 3.45. The SMILES string of the molecule is CCN(CC)CCN(C(=O)c1ccccc1[N+](=O)[O-])c1nc2cc3c(cc2s1)OCO3.Cl. The van der Waals surface area contributed by atoms with Gasteiger partial charge < -0.3 is 14.4 Å². The van der Waals surface area contributed by atoms with Gasteiger partial charge in [-0.05, 0) is 19.2 Å². The molecule has 1 aliphatic rings. The largest absolute Gasteiger partial charge is 0.454 e. The second-order valence-corrected chi connectivity index (χ2v) is 7.94. The fourth-order valence-corrected chi connectivity index (χ4v) is 4.45. The van der Waals surface area contributed by atoms with Crippen molar-refractivity contribution in [2.75, 3.05) is 37.9 Å². The molecule has 0 atom stereocenters. The van der Waals surface area contributed by atoms with E-state index in [1.807, 2.05) is 6.07 Å². The molecule has 0 aliphatic carbocycles. The quantitative estimate of drug-likeness (QED) is 0.350. The van der Waals surface area contributed by atoms with Crippen LogP contribution in [0.15, 0.2) is 36.4 Å². The van der Waals surface area contributed by atoms with E-state index in [0.717, 1.165) is 17.8 Å². The first-order valence-corrected chi connectivity index (χ1v) is 10.8. The molecule has 0 fully saturated rings. The summed E-state index contributed by atoms with van der Waals surface area (Å²) in [5.74, 6) is 0.810. The number of nitrogens with zero attached hydrogens (tertiary/aromatic N) is 4. The van der Waals surface area contributed by atoms with Gasteiger partial charge in [0, 0.05) is 31.3 Å². The molecular formula is C21H23ClN4O5S. The van der Waals surface area contributed by atoms with Crippen LogP contribution in [0, 0.1) is 10.1 Å². The van der Waals surface area contributed by atoms with Gasteiger partial charge in [0.15, 0.2) is 16.6 Å². The van der Waals surface area contributed by atoms with Gasteiger partial charge in [-0.2, -0.15) is 0 Å². The van der Waals surface area contributed by atoms with Gasteiger partial charge in [-0.3, -0.25) is 19.8 Å². The Morgan fingerprint density at radius 2 is 1.84 bits per heavy atom. The standard InChI is InChI=1S/C21H22N4O5S.ClH/c1-3-23(4-2)9-10-24(20(26)14-7-5-6-8-16(14)25(27)28)21-22-15-11-17-18(30-13-29-17)12-19(15)31-21;/h5-8,11-12H,3-4,9-10,13H2,1-2H3;1H. The Hall–Kier alpha value is -2.95. The van der Waals surface area contributed by atoms with Gasteiger partial charge in [0.05, 0.1) is 15.1 Å². The topological polar surface area (TPSA) is 98.0 Å². The Morgan fingerprint density at radius 3 is 2.53 bits per heavy atom. The number of thiazole rings is 1. The molecule has 2 aromatic carbocycles. The van der Waals surface area contributed by atoms with Gasteiger partial charge in [0.1, 0.15) is 5.56 Å². The Labute approximate surface area is 195 Å². The molecule has 1 amide bonds. The van der Waals surface area contributed by atoms with Crippen LogP contribution in [0.5, 0.6) is 11.5 Å². The zero-order valence-electron chi connectivity index (χ0n) is 17.6. The van der Waals surface area contributed by atoms with Gasteiger partial charge in [0.25, 0.3) is 11.6 Å². The van der Waals surface area contributed by atoms with Gasteiger partial charge in [0.2, 0.25) is 6.79 Å². The Balaban J connectivity index is 0.00000289. The van der Waals surface area contributed by atoms with Crippen molar-refractivity contribution in [3.8, 4) is 11.5 Å². The summed E-state index contributed by atoms with van der Waals surface area (Å²) >= 11 is 1.35. The third-order valence-corrected chi connectivity index (χ3v) is 6.25. The lowest BCUT2D eigenvalue weighted by Gasteiger charge is -2.24. The number of rotatable bonds is 8. The first-order chi connectivity index (χ1) is 15.0. The molecule has 170 valence electrons. The number of aromatic nitrogens is 1. The number of ether oxygens (including phenoxy) is 2. The molecule has 3 aromatic rings. The lowest BCUT2D eigenvalue weighted by molar-refractivity contribution is -0.385. The van der Waals surface area contributed by atoms with Gasteiger partial charge in [-0.15, -0.1) is 12.4 Å². The van der Waals surface area contributed by atoms with Crippen LogP contribution in [0.1, 0.15) is 24.2 Å². The van der Waals surface area contributed by atoms with E-state index < -0.39 is 10.8 Å². The molecule has 0 bridgehead atoms. The normalized spacial score (nSPS) is 12.1. The van der Waals surface area contributed by atoms with E-state index >= 15 is 0 Å². The maximum absolute atomic E-state index is 13.5. The Bertz CT molecular complexity index is 1090. The van der Waals surface area contributed by atoms with Crippen LogP contribution in [0.3, 0.4) is 0 Å². The lowest BCUT2D eigenvalue weighted by atomic mass is 10.1. The summed E-state index contributed by atoms with van der Waals surface area (Å²) in [6.07, 6.45) is 0. The molecule has 0 saturated carbocycles. The number of likely N-dealkylation sites (N-methyl/N-ethyl adjacent to an activating group) is 1. The van der Waals surface area contributed by atoms with E-state index in [2.05, 4.69) is 23.7 Å². The number of amides is 1. The molecule has 9 nitrogen and oxygen atoms in total. The molecule has 0 saturated heterocycles. The number of carbonyl (C=O) groups is 1. The molecule has 11 heteroatoms. The van der Waals surface area contributed by atoms with Crippen LogP contribution in [-0.2, 0) is 0 Å². The third-order valence-electron chi connectivity index (χ3n) is 5.21. The van der Waals surface area contributed by atoms with Gasteiger partial charge in [-0.25, -0.2) is 4.98 Å². The number of carbonyl (C=O) groups excluding carboxylic acids is 1. The van der Waals surface area contributed by atoms with Gasteiger partial charge in [-0.1, -0.05) is 37.3 Å².